The molecule has 0 bridgehead atoms. The first-order valence-corrected chi connectivity index (χ1v) is 7.84. The minimum absolute atomic E-state index is 0.0408. The second-order valence-electron chi connectivity index (χ2n) is 4.99. The predicted octanol–water partition coefficient (Wildman–Crippen LogP) is 3.28. The normalized spacial score (nSPS) is 17.8. The molecule has 0 N–H and O–H groups in total. The smallest absolute Gasteiger partial charge is 0.192 e. The number of Topliss-reactive ketones (excluding diaryl/α,β-unsaturated/α-hetero) is 1. The van der Waals surface area contributed by atoms with Crippen LogP contribution >= 0.6 is 11.3 Å². The minimum atomic E-state index is -0.0408. The Hall–Kier alpha value is -1.62. The average Bonchev–Trinajstić information content (AvgIpc) is 3.11. The van der Waals surface area contributed by atoms with Crippen LogP contribution in [0.5, 0.6) is 5.75 Å². The molecule has 0 saturated heterocycles. The minimum Gasteiger partial charge on any atom is -0.493 e. The Balaban J connectivity index is 2.00. The molecule has 1 aliphatic rings. The summed E-state index contributed by atoms with van der Waals surface area (Å²) in [4.78, 5) is 14.3. The highest BCUT2D eigenvalue weighted by Crippen LogP contribution is 2.38. The number of carbonyl (C=O) groups excluding carboxylic acids is 1. The first kappa shape index (κ1) is 13.4. The van der Waals surface area contributed by atoms with Crippen molar-refractivity contribution in [3.8, 4) is 5.75 Å². The lowest BCUT2D eigenvalue weighted by Crippen LogP contribution is -2.21. The maximum Gasteiger partial charge on any atom is 0.192 e. The van der Waals surface area contributed by atoms with Gasteiger partial charge in [-0.05, 0) is 43.2 Å². The van der Waals surface area contributed by atoms with Crippen molar-refractivity contribution < 1.29 is 9.53 Å². The molecule has 1 atom stereocenters. The number of hydrogen-bond donors (Lipinski definition) is 0. The summed E-state index contributed by atoms with van der Waals surface area (Å²) in [7, 11) is 1.59. The summed E-state index contributed by atoms with van der Waals surface area (Å²) in [6, 6.07) is 2.10. The Morgan fingerprint density at radius 1 is 1.60 bits per heavy atom. The standard InChI is InChI=1S/C15H18N2O2S/c1-3-17-14(12(19-2)9-16-17)15(18)11-5-4-6-13-10(11)7-8-20-13/h7-9,11H,3-6H2,1-2H3. The zero-order valence-corrected chi connectivity index (χ0v) is 12.6. The molecule has 4 nitrogen and oxygen atoms in total. The zero-order valence-electron chi connectivity index (χ0n) is 11.8. The SMILES string of the molecule is CCn1ncc(OC)c1C(=O)C1CCCc2sccc21. The van der Waals surface area contributed by atoms with E-state index in [1.807, 2.05) is 6.92 Å². The number of rotatable bonds is 4. The van der Waals surface area contributed by atoms with Gasteiger partial charge >= 0.3 is 0 Å². The van der Waals surface area contributed by atoms with Crippen LogP contribution in [0.1, 0.15) is 46.6 Å². The molecule has 0 fully saturated rings. The van der Waals surface area contributed by atoms with E-state index in [0.717, 1.165) is 19.3 Å². The number of nitrogens with zero attached hydrogens (tertiary/aromatic N) is 2. The summed E-state index contributed by atoms with van der Waals surface area (Å²) in [5.41, 5.74) is 1.82. The molecular formula is C15H18N2O2S. The summed E-state index contributed by atoms with van der Waals surface area (Å²) in [5.74, 6) is 0.681. The van der Waals surface area contributed by atoms with Crippen molar-refractivity contribution in [1.82, 2.24) is 9.78 Å². The molecule has 2 aromatic rings. The number of ketones is 1. The van der Waals surface area contributed by atoms with Gasteiger partial charge in [0, 0.05) is 11.4 Å². The summed E-state index contributed by atoms with van der Waals surface area (Å²) in [5, 5.41) is 6.33. The Kier molecular flexibility index (Phi) is 3.61. The lowest BCUT2D eigenvalue weighted by atomic mass is 9.83. The summed E-state index contributed by atoms with van der Waals surface area (Å²) < 4.78 is 7.05. The van der Waals surface area contributed by atoms with E-state index < -0.39 is 0 Å². The molecule has 2 heterocycles. The Morgan fingerprint density at radius 2 is 2.45 bits per heavy atom. The number of fused-ring (bicyclic) bond motifs is 1. The Bertz CT molecular complexity index is 608. The van der Waals surface area contributed by atoms with E-state index in [0.29, 0.717) is 18.0 Å². The summed E-state index contributed by atoms with van der Waals surface area (Å²) in [6.45, 7) is 2.66. The second-order valence-corrected chi connectivity index (χ2v) is 5.99. The van der Waals surface area contributed by atoms with Crippen molar-refractivity contribution >= 4 is 17.1 Å². The number of hydrogen-bond acceptors (Lipinski definition) is 4. The maximum atomic E-state index is 12.9. The van der Waals surface area contributed by atoms with Gasteiger partial charge in [-0.3, -0.25) is 9.48 Å². The molecule has 3 rings (SSSR count). The lowest BCUT2D eigenvalue weighted by Gasteiger charge is -2.22. The van der Waals surface area contributed by atoms with Gasteiger partial charge in [-0.1, -0.05) is 0 Å². The van der Waals surface area contributed by atoms with E-state index >= 15 is 0 Å². The van der Waals surface area contributed by atoms with Crippen LogP contribution in [0.25, 0.3) is 0 Å². The first-order valence-electron chi connectivity index (χ1n) is 6.96. The summed E-state index contributed by atoms with van der Waals surface area (Å²) >= 11 is 1.76. The van der Waals surface area contributed by atoms with Crippen LogP contribution in [0.2, 0.25) is 0 Å². The molecule has 1 aliphatic carbocycles. The van der Waals surface area contributed by atoms with Crippen LogP contribution in [0.3, 0.4) is 0 Å². The molecule has 1 unspecified atom stereocenters. The van der Waals surface area contributed by atoms with Crippen LogP contribution in [0.15, 0.2) is 17.6 Å². The molecular weight excluding hydrogens is 272 g/mol. The molecule has 0 radical (unpaired) electrons. The van der Waals surface area contributed by atoms with Crippen molar-refractivity contribution in [2.75, 3.05) is 7.11 Å². The molecule has 20 heavy (non-hydrogen) atoms. The Labute approximate surface area is 122 Å². The fraction of sp³-hybridized carbons (Fsp3) is 0.467. The average molecular weight is 290 g/mol. The van der Waals surface area contributed by atoms with Gasteiger partial charge in [0.15, 0.2) is 11.5 Å². The third kappa shape index (κ3) is 2.06. The molecule has 0 aromatic carbocycles. The van der Waals surface area contributed by atoms with Gasteiger partial charge in [0.25, 0.3) is 0 Å². The number of ether oxygens (including phenoxy) is 1. The number of aromatic nitrogens is 2. The fourth-order valence-electron chi connectivity index (χ4n) is 2.93. The third-order valence-corrected chi connectivity index (χ3v) is 4.92. The van der Waals surface area contributed by atoms with Gasteiger partial charge < -0.3 is 4.74 Å². The van der Waals surface area contributed by atoms with E-state index in [2.05, 4.69) is 16.5 Å². The molecule has 0 aliphatic heterocycles. The van der Waals surface area contributed by atoms with Crippen LogP contribution in [0, 0.1) is 0 Å². The molecule has 0 amide bonds. The monoisotopic (exact) mass is 290 g/mol. The second kappa shape index (κ2) is 5.40. The van der Waals surface area contributed by atoms with Crippen LogP contribution < -0.4 is 4.74 Å². The molecule has 2 aromatic heterocycles. The van der Waals surface area contributed by atoms with E-state index in [4.69, 9.17) is 4.74 Å². The number of aryl methyl sites for hydroxylation is 2. The summed E-state index contributed by atoms with van der Waals surface area (Å²) in [6.07, 6.45) is 4.72. The van der Waals surface area contributed by atoms with Crippen molar-refractivity contribution in [1.29, 1.82) is 0 Å². The van der Waals surface area contributed by atoms with Gasteiger partial charge in [0.05, 0.1) is 19.2 Å². The highest BCUT2D eigenvalue weighted by molar-refractivity contribution is 7.10. The van der Waals surface area contributed by atoms with Crippen molar-refractivity contribution in [2.45, 2.75) is 38.6 Å². The third-order valence-electron chi connectivity index (χ3n) is 3.93. The number of methoxy groups -OCH3 is 1. The highest BCUT2D eigenvalue weighted by Gasteiger charge is 2.32. The van der Waals surface area contributed by atoms with Crippen molar-refractivity contribution in [2.24, 2.45) is 0 Å². The predicted molar refractivity (Wildman–Crippen MR) is 78.8 cm³/mol. The van der Waals surface area contributed by atoms with Crippen LogP contribution in [-0.2, 0) is 13.0 Å². The van der Waals surface area contributed by atoms with Gasteiger partial charge in [-0.2, -0.15) is 5.10 Å². The van der Waals surface area contributed by atoms with Crippen molar-refractivity contribution in [3.63, 3.8) is 0 Å². The zero-order chi connectivity index (χ0) is 14.1. The van der Waals surface area contributed by atoms with Gasteiger partial charge in [-0.15, -0.1) is 11.3 Å². The highest BCUT2D eigenvalue weighted by atomic mass is 32.1. The lowest BCUT2D eigenvalue weighted by molar-refractivity contribution is 0.0937. The fourth-order valence-corrected chi connectivity index (χ4v) is 3.92. The van der Waals surface area contributed by atoms with E-state index in [9.17, 15) is 4.79 Å². The Morgan fingerprint density at radius 3 is 3.20 bits per heavy atom. The molecule has 0 spiro atoms. The van der Waals surface area contributed by atoms with Crippen LogP contribution in [-0.4, -0.2) is 22.7 Å². The van der Waals surface area contributed by atoms with Gasteiger partial charge in [-0.25, -0.2) is 0 Å². The molecule has 5 heteroatoms. The number of carbonyl (C=O) groups is 1. The molecule has 0 saturated carbocycles. The maximum absolute atomic E-state index is 12.9. The van der Waals surface area contributed by atoms with Crippen LogP contribution in [0.4, 0.5) is 0 Å². The van der Waals surface area contributed by atoms with E-state index in [1.54, 1.807) is 29.3 Å². The van der Waals surface area contributed by atoms with E-state index in [1.165, 1.54) is 10.4 Å². The van der Waals surface area contributed by atoms with Gasteiger partial charge in [0.2, 0.25) is 0 Å². The largest absolute Gasteiger partial charge is 0.493 e. The van der Waals surface area contributed by atoms with E-state index in [-0.39, 0.29) is 11.7 Å². The quantitative estimate of drug-likeness (QED) is 0.812. The number of thiophene rings is 1. The first-order chi connectivity index (χ1) is 9.76. The molecule has 106 valence electrons. The van der Waals surface area contributed by atoms with Gasteiger partial charge in [0.1, 0.15) is 5.69 Å². The van der Waals surface area contributed by atoms with Crippen molar-refractivity contribution in [3.05, 3.63) is 33.8 Å². The topological polar surface area (TPSA) is 44.1 Å².